The molecule has 0 amide bonds. The van der Waals surface area contributed by atoms with E-state index < -0.39 is 18.9 Å². The Morgan fingerprint density at radius 3 is 2.50 bits per heavy atom. The normalized spacial score (nSPS) is 11.9. The largest absolute Gasteiger partial charge is 0.398 e. The zero-order valence-electron chi connectivity index (χ0n) is 8.61. The lowest BCUT2D eigenvalue weighted by atomic mass is 10.2. The van der Waals surface area contributed by atoms with Crippen molar-refractivity contribution in [1.29, 1.82) is 0 Å². The number of nitrogen functional groups attached to an aromatic ring is 1. The third-order valence-corrected chi connectivity index (χ3v) is 2.13. The van der Waals surface area contributed by atoms with Gasteiger partial charge in [0, 0.05) is 11.4 Å². The highest BCUT2D eigenvalue weighted by Crippen LogP contribution is 2.24. The van der Waals surface area contributed by atoms with E-state index in [-0.39, 0.29) is 0 Å². The molecule has 2 nitrogen and oxygen atoms in total. The number of hydrogen-bond donors (Lipinski definition) is 2. The molecule has 1 aromatic carbocycles. The maximum Gasteiger partial charge on any atom is 0.324 e. The zero-order valence-corrected chi connectivity index (χ0v) is 8.61. The molecule has 1 rings (SSSR count). The van der Waals surface area contributed by atoms with Crippen molar-refractivity contribution in [3.63, 3.8) is 0 Å². The predicted molar refractivity (Wildman–Crippen MR) is 55.0 cm³/mol. The predicted octanol–water partition coefficient (Wildman–Crippen LogP) is 2.89. The number of anilines is 2. The summed E-state index contributed by atoms with van der Waals surface area (Å²) in [5.41, 5.74) is 7.06. The molecule has 6 heteroatoms. The molecule has 0 radical (unpaired) electrons. The molecule has 0 saturated heterocycles. The summed E-state index contributed by atoms with van der Waals surface area (Å²) in [6.45, 7) is 0.639. The molecule has 0 saturated carbocycles. The molecular formula is C10H12F4N2. The van der Waals surface area contributed by atoms with Crippen LogP contribution in [0.4, 0.5) is 28.9 Å². The Morgan fingerprint density at radius 2 is 2.00 bits per heavy atom. The number of hydrogen-bond acceptors (Lipinski definition) is 2. The van der Waals surface area contributed by atoms with Gasteiger partial charge in [-0.3, -0.25) is 0 Å². The number of nitrogens with one attached hydrogen (secondary N) is 1. The Kier molecular flexibility index (Phi) is 3.62. The van der Waals surface area contributed by atoms with Gasteiger partial charge in [-0.15, -0.1) is 0 Å². The Morgan fingerprint density at radius 1 is 1.38 bits per heavy atom. The van der Waals surface area contributed by atoms with Gasteiger partial charge in [0.2, 0.25) is 0 Å². The first-order valence-electron chi connectivity index (χ1n) is 4.59. The van der Waals surface area contributed by atoms with Gasteiger partial charge < -0.3 is 11.1 Å². The Balaban J connectivity index is 2.65. The number of alkyl halides is 4. The van der Waals surface area contributed by atoms with Crippen LogP contribution in [0, 0.1) is 6.92 Å². The molecular weight excluding hydrogens is 224 g/mol. The smallest absolute Gasteiger partial charge is 0.324 e. The number of halogens is 4. The molecule has 0 fully saturated rings. The maximum absolute atomic E-state index is 12.6. The van der Waals surface area contributed by atoms with Crippen molar-refractivity contribution in [3.05, 3.63) is 23.8 Å². The molecule has 16 heavy (non-hydrogen) atoms. The first kappa shape index (κ1) is 12.6. The van der Waals surface area contributed by atoms with Gasteiger partial charge in [-0.2, -0.15) is 8.78 Å². The molecule has 0 aromatic heterocycles. The van der Waals surface area contributed by atoms with E-state index in [1.54, 1.807) is 13.0 Å². The summed E-state index contributed by atoms with van der Waals surface area (Å²) in [6, 6.07) is 4.56. The number of benzene rings is 1. The number of nitrogens with two attached hydrogens (primary N) is 1. The third-order valence-electron chi connectivity index (χ3n) is 2.13. The van der Waals surface area contributed by atoms with Gasteiger partial charge >= 0.3 is 12.3 Å². The van der Waals surface area contributed by atoms with E-state index >= 15 is 0 Å². The van der Waals surface area contributed by atoms with Gasteiger partial charge in [-0.05, 0) is 24.6 Å². The van der Waals surface area contributed by atoms with Crippen LogP contribution >= 0.6 is 0 Å². The fourth-order valence-corrected chi connectivity index (χ4v) is 1.05. The van der Waals surface area contributed by atoms with Crippen LogP contribution in [-0.2, 0) is 0 Å². The van der Waals surface area contributed by atoms with Gasteiger partial charge in [0.1, 0.15) is 0 Å². The minimum absolute atomic E-state index is 0.295. The second-order valence-corrected chi connectivity index (χ2v) is 3.49. The SMILES string of the molecule is Cc1ccc(NCC(F)(F)C(F)F)cc1N. The van der Waals surface area contributed by atoms with Crippen LogP contribution in [0.3, 0.4) is 0 Å². The summed E-state index contributed by atoms with van der Waals surface area (Å²) in [5.74, 6) is -4.04. The van der Waals surface area contributed by atoms with Gasteiger partial charge in [-0.25, -0.2) is 8.78 Å². The molecule has 3 N–H and O–H groups in total. The van der Waals surface area contributed by atoms with Crippen LogP contribution < -0.4 is 11.1 Å². The fraction of sp³-hybridized carbons (Fsp3) is 0.400. The minimum atomic E-state index is -4.04. The lowest BCUT2D eigenvalue weighted by Gasteiger charge is -2.16. The van der Waals surface area contributed by atoms with E-state index in [2.05, 4.69) is 5.32 Å². The summed E-state index contributed by atoms with van der Waals surface area (Å²) >= 11 is 0. The lowest BCUT2D eigenvalue weighted by Crippen LogP contribution is -2.34. The number of aryl methyl sites for hydroxylation is 1. The van der Waals surface area contributed by atoms with E-state index in [9.17, 15) is 17.6 Å². The topological polar surface area (TPSA) is 38.0 Å². The van der Waals surface area contributed by atoms with Crippen LogP contribution in [0.2, 0.25) is 0 Å². The van der Waals surface area contributed by atoms with Crippen molar-refractivity contribution in [2.75, 3.05) is 17.6 Å². The molecule has 0 spiro atoms. The quantitative estimate of drug-likeness (QED) is 0.623. The average molecular weight is 236 g/mol. The highest BCUT2D eigenvalue weighted by atomic mass is 19.3. The van der Waals surface area contributed by atoms with Gasteiger partial charge in [-0.1, -0.05) is 6.07 Å². The molecule has 0 bridgehead atoms. The first-order chi connectivity index (χ1) is 7.33. The molecule has 0 aliphatic heterocycles. The molecule has 0 aliphatic rings. The Bertz CT molecular complexity index is 366. The second kappa shape index (κ2) is 4.59. The van der Waals surface area contributed by atoms with Gasteiger partial charge in [0.15, 0.2) is 0 Å². The lowest BCUT2D eigenvalue weighted by molar-refractivity contribution is -0.117. The summed E-state index contributed by atoms with van der Waals surface area (Å²) < 4.78 is 48.8. The van der Waals surface area contributed by atoms with Crippen molar-refractivity contribution >= 4 is 11.4 Å². The maximum atomic E-state index is 12.6. The monoisotopic (exact) mass is 236 g/mol. The summed E-state index contributed by atoms with van der Waals surface area (Å²) in [5, 5.41) is 2.22. The van der Waals surface area contributed by atoms with Crippen LogP contribution in [-0.4, -0.2) is 18.9 Å². The van der Waals surface area contributed by atoms with Crippen LogP contribution in [0.5, 0.6) is 0 Å². The highest BCUT2D eigenvalue weighted by molar-refractivity contribution is 5.58. The third kappa shape index (κ3) is 3.01. The molecule has 0 atom stereocenters. The Labute approximate surface area is 90.4 Å². The van der Waals surface area contributed by atoms with Crippen molar-refractivity contribution in [1.82, 2.24) is 0 Å². The van der Waals surface area contributed by atoms with Crippen LogP contribution in [0.15, 0.2) is 18.2 Å². The van der Waals surface area contributed by atoms with E-state index in [0.29, 0.717) is 11.4 Å². The zero-order chi connectivity index (χ0) is 12.3. The molecule has 0 heterocycles. The van der Waals surface area contributed by atoms with Crippen LogP contribution in [0.25, 0.3) is 0 Å². The van der Waals surface area contributed by atoms with Crippen molar-refractivity contribution in [2.45, 2.75) is 19.3 Å². The van der Waals surface area contributed by atoms with Crippen LogP contribution in [0.1, 0.15) is 5.56 Å². The van der Waals surface area contributed by atoms with Gasteiger partial charge in [0.25, 0.3) is 0 Å². The summed E-state index contributed by atoms with van der Waals surface area (Å²) in [4.78, 5) is 0. The van der Waals surface area contributed by atoms with Gasteiger partial charge in [0.05, 0.1) is 6.54 Å². The molecule has 0 aliphatic carbocycles. The standard InChI is InChI=1S/C10H12F4N2/c1-6-2-3-7(4-8(6)15)16-5-10(13,14)9(11)12/h2-4,9,16H,5,15H2,1H3. The van der Waals surface area contributed by atoms with E-state index in [0.717, 1.165) is 5.56 Å². The van der Waals surface area contributed by atoms with E-state index in [4.69, 9.17) is 5.73 Å². The van der Waals surface area contributed by atoms with Crippen molar-refractivity contribution in [3.8, 4) is 0 Å². The van der Waals surface area contributed by atoms with Crippen molar-refractivity contribution < 1.29 is 17.6 Å². The summed E-state index contributed by atoms with van der Waals surface area (Å²) in [7, 11) is 0. The first-order valence-corrected chi connectivity index (χ1v) is 4.59. The van der Waals surface area contributed by atoms with E-state index in [1.807, 2.05) is 0 Å². The molecule has 1 aromatic rings. The second-order valence-electron chi connectivity index (χ2n) is 3.49. The van der Waals surface area contributed by atoms with E-state index in [1.165, 1.54) is 12.1 Å². The molecule has 90 valence electrons. The fourth-order valence-electron chi connectivity index (χ4n) is 1.05. The number of rotatable bonds is 4. The highest BCUT2D eigenvalue weighted by Gasteiger charge is 2.40. The summed E-state index contributed by atoms with van der Waals surface area (Å²) in [6.07, 6.45) is -3.68. The molecule has 0 unspecified atom stereocenters. The minimum Gasteiger partial charge on any atom is -0.398 e. The average Bonchev–Trinajstić information content (AvgIpc) is 2.20. The Hall–Kier alpha value is -1.46. The van der Waals surface area contributed by atoms with Crippen molar-refractivity contribution in [2.24, 2.45) is 0 Å².